The summed E-state index contributed by atoms with van der Waals surface area (Å²) in [4.78, 5) is 24.8. The van der Waals surface area contributed by atoms with Gasteiger partial charge >= 0.3 is 0 Å². The van der Waals surface area contributed by atoms with Crippen LogP contribution in [0.4, 0.5) is 0 Å². The Morgan fingerprint density at radius 2 is 2.18 bits per heavy atom. The van der Waals surface area contributed by atoms with Crippen LogP contribution >= 0.6 is 11.8 Å². The first-order chi connectivity index (χ1) is 8.06. The fourth-order valence-corrected chi connectivity index (χ4v) is 2.72. The largest absolute Gasteiger partial charge is 0.348 e. The smallest absolute Gasteiger partial charge is 0.240 e. The topological polar surface area (TPSA) is 75.4 Å². The molecule has 1 saturated heterocycles. The average molecular weight is 259 g/mol. The zero-order valence-corrected chi connectivity index (χ0v) is 11.3. The number of carbonyl (C=O) groups is 2. The third-order valence-corrected chi connectivity index (χ3v) is 4.25. The van der Waals surface area contributed by atoms with Gasteiger partial charge in [0.05, 0.1) is 17.2 Å². The molecule has 0 aromatic heterocycles. The molecule has 0 aromatic rings. The van der Waals surface area contributed by atoms with E-state index in [-0.39, 0.29) is 23.9 Å². The molecule has 1 aliphatic rings. The fourth-order valence-electron chi connectivity index (χ4n) is 1.82. The first kappa shape index (κ1) is 14.3. The summed E-state index contributed by atoms with van der Waals surface area (Å²) in [6.45, 7) is 4.59. The molecular weight excluding hydrogens is 238 g/mol. The van der Waals surface area contributed by atoms with Gasteiger partial charge in [0.15, 0.2) is 0 Å². The lowest BCUT2D eigenvalue weighted by Gasteiger charge is -2.32. The van der Waals surface area contributed by atoms with Gasteiger partial charge in [0.2, 0.25) is 11.8 Å². The highest BCUT2D eigenvalue weighted by molar-refractivity contribution is 8.00. The Morgan fingerprint density at radius 1 is 1.53 bits per heavy atom. The van der Waals surface area contributed by atoms with Crippen LogP contribution in [0.5, 0.6) is 0 Å². The summed E-state index contributed by atoms with van der Waals surface area (Å²) in [5.41, 5.74) is 5.39. The number of carbonyl (C=O) groups excluding carboxylic acids is 2. The molecule has 0 aromatic carbocycles. The molecule has 3 N–H and O–H groups in total. The fraction of sp³-hybridized carbons (Fsp3) is 0.818. The van der Waals surface area contributed by atoms with Crippen molar-refractivity contribution in [2.24, 2.45) is 5.73 Å². The minimum absolute atomic E-state index is 0.0384. The molecule has 1 heterocycles. The molecule has 1 rings (SSSR count). The monoisotopic (exact) mass is 259 g/mol. The second-order valence-electron chi connectivity index (χ2n) is 4.31. The minimum atomic E-state index is -0.326. The molecule has 2 amide bonds. The second-order valence-corrected chi connectivity index (χ2v) is 5.26. The number of nitrogens with two attached hydrogens (primary N) is 1. The van der Waals surface area contributed by atoms with Crippen LogP contribution in [0.25, 0.3) is 0 Å². The number of hydrogen-bond donors (Lipinski definition) is 2. The van der Waals surface area contributed by atoms with Crippen molar-refractivity contribution in [3.8, 4) is 0 Å². The molecule has 0 aliphatic carbocycles. The zero-order chi connectivity index (χ0) is 12.9. The summed E-state index contributed by atoms with van der Waals surface area (Å²) in [7, 11) is 0. The van der Waals surface area contributed by atoms with Crippen LogP contribution in [0, 0.1) is 0 Å². The number of amides is 2. The van der Waals surface area contributed by atoms with E-state index in [0.29, 0.717) is 18.2 Å². The van der Waals surface area contributed by atoms with E-state index in [4.69, 9.17) is 5.73 Å². The molecular formula is C11H21N3O2S. The van der Waals surface area contributed by atoms with E-state index < -0.39 is 0 Å². The number of hydrogen-bond acceptors (Lipinski definition) is 4. The van der Waals surface area contributed by atoms with E-state index in [1.807, 2.05) is 13.8 Å². The van der Waals surface area contributed by atoms with E-state index in [1.165, 1.54) is 11.8 Å². The van der Waals surface area contributed by atoms with Crippen LogP contribution in [0.3, 0.4) is 0 Å². The highest BCUT2D eigenvalue weighted by Gasteiger charge is 2.29. The standard InChI is InChI=1S/C11H21N3O2S/c1-3-11(4-2,7-12)13-9(15)5-14-8-17-6-10(14)16/h3-8,12H2,1-2H3,(H,13,15). The first-order valence-corrected chi connectivity index (χ1v) is 7.09. The van der Waals surface area contributed by atoms with E-state index in [0.717, 1.165) is 12.8 Å². The van der Waals surface area contributed by atoms with Gasteiger partial charge < -0.3 is 16.0 Å². The number of nitrogens with one attached hydrogen (secondary N) is 1. The molecule has 0 saturated carbocycles. The lowest BCUT2D eigenvalue weighted by molar-refractivity contribution is -0.133. The van der Waals surface area contributed by atoms with Crippen LogP contribution < -0.4 is 11.1 Å². The van der Waals surface area contributed by atoms with Crippen molar-refractivity contribution in [2.75, 3.05) is 24.7 Å². The van der Waals surface area contributed by atoms with Crippen molar-refractivity contribution >= 4 is 23.6 Å². The number of rotatable bonds is 6. The maximum Gasteiger partial charge on any atom is 0.240 e. The third kappa shape index (κ3) is 3.61. The van der Waals surface area contributed by atoms with Gasteiger partial charge in [0.1, 0.15) is 6.54 Å². The van der Waals surface area contributed by atoms with Crippen LogP contribution in [0.1, 0.15) is 26.7 Å². The Bertz CT molecular complexity index is 284. The first-order valence-electron chi connectivity index (χ1n) is 5.93. The third-order valence-electron chi connectivity index (χ3n) is 3.31. The lowest BCUT2D eigenvalue weighted by atomic mass is 9.93. The Balaban J connectivity index is 2.50. The number of thioether (sulfide) groups is 1. The molecule has 98 valence electrons. The van der Waals surface area contributed by atoms with Crippen molar-refractivity contribution in [3.05, 3.63) is 0 Å². The lowest BCUT2D eigenvalue weighted by Crippen LogP contribution is -2.55. The van der Waals surface area contributed by atoms with Gasteiger partial charge in [-0.15, -0.1) is 11.8 Å². The maximum absolute atomic E-state index is 11.9. The van der Waals surface area contributed by atoms with Crippen LogP contribution in [-0.4, -0.2) is 47.0 Å². The predicted molar refractivity (Wildman–Crippen MR) is 69.5 cm³/mol. The maximum atomic E-state index is 11.9. The highest BCUT2D eigenvalue weighted by atomic mass is 32.2. The Hall–Kier alpha value is -0.750. The SMILES string of the molecule is CCC(CC)(CN)NC(=O)CN1CSCC1=O. The van der Waals surface area contributed by atoms with E-state index in [2.05, 4.69) is 5.32 Å². The van der Waals surface area contributed by atoms with Crippen molar-refractivity contribution in [3.63, 3.8) is 0 Å². The summed E-state index contributed by atoms with van der Waals surface area (Å²) >= 11 is 1.54. The van der Waals surface area contributed by atoms with Gasteiger partial charge in [-0.05, 0) is 12.8 Å². The molecule has 1 aliphatic heterocycles. The van der Waals surface area contributed by atoms with Crippen LogP contribution in [0.2, 0.25) is 0 Å². The molecule has 0 radical (unpaired) electrons. The Morgan fingerprint density at radius 3 is 2.59 bits per heavy atom. The Labute approximate surface area is 106 Å². The van der Waals surface area contributed by atoms with Crippen molar-refractivity contribution in [1.82, 2.24) is 10.2 Å². The van der Waals surface area contributed by atoms with Crippen molar-refractivity contribution < 1.29 is 9.59 Å². The second kappa shape index (κ2) is 6.26. The Kier molecular flexibility index (Phi) is 5.27. The summed E-state index contributed by atoms with van der Waals surface area (Å²) < 4.78 is 0. The summed E-state index contributed by atoms with van der Waals surface area (Å²) in [6, 6.07) is 0. The summed E-state index contributed by atoms with van der Waals surface area (Å²) in [5.74, 6) is 1.02. The number of nitrogens with zero attached hydrogens (tertiary/aromatic N) is 1. The van der Waals surface area contributed by atoms with Gasteiger partial charge in [-0.1, -0.05) is 13.8 Å². The highest BCUT2D eigenvalue weighted by Crippen LogP contribution is 2.16. The van der Waals surface area contributed by atoms with Gasteiger partial charge in [-0.25, -0.2) is 0 Å². The molecule has 5 nitrogen and oxygen atoms in total. The quantitative estimate of drug-likeness (QED) is 0.712. The molecule has 0 bridgehead atoms. The molecule has 6 heteroatoms. The normalized spacial score (nSPS) is 16.4. The average Bonchev–Trinajstić information content (AvgIpc) is 2.72. The van der Waals surface area contributed by atoms with Crippen molar-refractivity contribution in [1.29, 1.82) is 0 Å². The predicted octanol–water partition coefficient (Wildman–Crippen LogP) is 0.153. The minimum Gasteiger partial charge on any atom is -0.348 e. The molecule has 0 spiro atoms. The summed E-state index contributed by atoms with van der Waals surface area (Å²) in [6.07, 6.45) is 1.60. The molecule has 1 fully saturated rings. The van der Waals surface area contributed by atoms with Crippen LogP contribution in [-0.2, 0) is 9.59 Å². The van der Waals surface area contributed by atoms with Gasteiger partial charge in [-0.3, -0.25) is 9.59 Å². The van der Waals surface area contributed by atoms with Crippen molar-refractivity contribution in [2.45, 2.75) is 32.2 Å². The zero-order valence-electron chi connectivity index (χ0n) is 10.5. The van der Waals surface area contributed by atoms with Gasteiger partial charge in [0, 0.05) is 6.54 Å². The van der Waals surface area contributed by atoms with E-state index in [9.17, 15) is 9.59 Å². The van der Waals surface area contributed by atoms with Gasteiger partial charge in [0.25, 0.3) is 0 Å². The summed E-state index contributed by atoms with van der Waals surface area (Å²) in [5, 5.41) is 2.96. The van der Waals surface area contributed by atoms with Gasteiger partial charge in [-0.2, -0.15) is 0 Å². The van der Waals surface area contributed by atoms with Crippen LogP contribution in [0.15, 0.2) is 0 Å². The molecule has 0 atom stereocenters. The molecule has 17 heavy (non-hydrogen) atoms. The van der Waals surface area contributed by atoms with E-state index in [1.54, 1.807) is 4.90 Å². The van der Waals surface area contributed by atoms with E-state index >= 15 is 0 Å². The molecule has 0 unspecified atom stereocenters.